The fourth-order valence-corrected chi connectivity index (χ4v) is 2.41. The van der Waals surface area contributed by atoms with Crippen molar-refractivity contribution in [1.82, 2.24) is 9.99 Å². The summed E-state index contributed by atoms with van der Waals surface area (Å²) in [6, 6.07) is 1.18. The second-order valence-corrected chi connectivity index (χ2v) is 5.43. The van der Waals surface area contributed by atoms with Crippen molar-refractivity contribution in [1.29, 1.82) is 0 Å². The molecule has 1 N–H and O–H groups in total. The molecule has 2 rings (SSSR count). The third-order valence-electron chi connectivity index (χ3n) is 3.74. The highest BCUT2D eigenvalue weighted by Crippen LogP contribution is 2.45. The van der Waals surface area contributed by atoms with Crippen molar-refractivity contribution in [3.05, 3.63) is 48.2 Å². The number of rotatable bonds is 6. The number of para-hydroxylation sites is 1. The van der Waals surface area contributed by atoms with E-state index in [4.69, 9.17) is 0 Å². The van der Waals surface area contributed by atoms with Crippen LogP contribution in [0.3, 0.4) is 0 Å². The van der Waals surface area contributed by atoms with Crippen LogP contribution >= 0.6 is 0 Å². The van der Waals surface area contributed by atoms with Crippen molar-refractivity contribution in [2.24, 2.45) is 5.10 Å². The minimum Gasteiger partial charge on any atom is -0.340 e. The number of hydrogen-bond donors (Lipinski definition) is 1. The summed E-state index contributed by atoms with van der Waals surface area (Å²) in [5, 5.41) is 3.51. The van der Waals surface area contributed by atoms with Gasteiger partial charge in [-0.3, -0.25) is 0 Å². The standard InChI is InChI=1S/C16H14F7N3/c1-3-8-26-10(2)12(11-6-4-5-7-13(11)26)9-24-25-16(22,23)14(17,18)15(19,20)21/h3-7,9,25H,1,8H2,2H3/b24-9+. The van der Waals surface area contributed by atoms with Gasteiger partial charge in [0.1, 0.15) is 0 Å². The molecule has 0 saturated carbocycles. The molecule has 0 atom stereocenters. The van der Waals surface area contributed by atoms with E-state index in [-0.39, 0.29) is 0 Å². The molecule has 0 unspecified atom stereocenters. The summed E-state index contributed by atoms with van der Waals surface area (Å²) in [5.74, 6) is -6.27. The summed E-state index contributed by atoms with van der Waals surface area (Å²) in [6.45, 7) is 5.62. The molecule has 3 nitrogen and oxygen atoms in total. The van der Waals surface area contributed by atoms with Crippen LogP contribution in [-0.2, 0) is 6.54 Å². The predicted octanol–water partition coefficient (Wildman–Crippen LogP) is 4.85. The number of allylic oxidation sites excluding steroid dienone is 1. The molecule has 0 aliphatic carbocycles. The molecule has 2 aromatic rings. The zero-order valence-electron chi connectivity index (χ0n) is 13.4. The van der Waals surface area contributed by atoms with Crippen LogP contribution in [0, 0.1) is 6.92 Å². The third-order valence-corrected chi connectivity index (χ3v) is 3.74. The molecule has 0 fully saturated rings. The Hall–Kier alpha value is -2.52. The van der Waals surface area contributed by atoms with Gasteiger partial charge in [0.15, 0.2) is 0 Å². The first-order chi connectivity index (χ1) is 11.9. The van der Waals surface area contributed by atoms with Crippen molar-refractivity contribution in [3.63, 3.8) is 0 Å². The van der Waals surface area contributed by atoms with E-state index in [0.717, 1.165) is 6.21 Å². The minimum atomic E-state index is -6.42. The third kappa shape index (κ3) is 3.27. The Kier molecular flexibility index (Phi) is 5.07. The van der Waals surface area contributed by atoms with Crippen LogP contribution in [0.2, 0.25) is 0 Å². The van der Waals surface area contributed by atoms with Gasteiger partial charge in [0.25, 0.3) is 0 Å². The average molecular weight is 381 g/mol. The van der Waals surface area contributed by atoms with Gasteiger partial charge in [-0.15, -0.1) is 6.58 Å². The van der Waals surface area contributed by atoms with E-state index in [1.807, 2.05) is 0 Å². The number of benzene rings is 1. The second kappa shape index (κ2) is 6.65. The van der Waals surface area contributed by atoms with Crippen molar-refractivity contribution >= 4 is 17.1 Å². The van der Waals surface area contributed by atoms with E-state index >= 15 is 0 Å². The Morgan fingerprint density at radius 2 is 1.73 bits per heavy atom. The van der Waals surface area contributed by atoms with E-state index in [1.54, 1.807) is 41.8 Å². The molecule has 0 aliphatic rings. The summed E-state index contributed by atoms with van der Waals surface area (Å²) in [6.07, 6.45) is -4.04. The van der Waals surface area contributed by atoms with Crippen LogP contribution in [0.15, 0.2) is 42.0 Å². The molecular weight excluding hydrogens is 367 g/mol. The van der Waals surface area contributed by atoms with E-state index < -0.39 is 18.1 Å². The second-order valence-electron chi connectivity index (χ2n) is 5.43. The summed E-state index contributed by atoms with van der Waals surface area (Å²) < 4.78 is 90.2. The summed E-state index contributed by atoms with van der Waals surface area (Å²) in [5.41, 5.74) is 2.20. The Bertz CT molecular complexity index is 834. The fraction of sp³-hybridized carbons (Fsp3) is 0.312. The van der Waals surface area contributed by atoms with Crippen molar-refractivity contribution in [3.8, 4) is 0 Å². The monoisotopic (exact) mass is 381 g/mol. The highest BCUT2D eigenvalue weighted by Gasteiger charge is 2.73. The van der Waals surface area contributed by atoms with Crippen LogP contribution in [0.1, 0.15) is 11.3 Å². The molecule has 0 aliphatic heterocycles. The lowest BCUT2D eigenvalue weighted by atomic mass is 10.1. The maximum absolute atomic E-state index is 13.2. The Balaban J connectivity index is 2.37. The van der Waals surface area contributed by atoms with Gasteiger partial charge in [0, 0.05) is 28.7 Å². The van der Waals surface area contributed by atoms with E-state index in [2.05, 4.69) is 11.7 Å². The van der Waals surface area contributed by atoms with Gasteiger partial charge in [-0.25, -0.2) is 5.43 Å². The highest BCUT2D eigenvalue weighted by atomic mass is 19.4. The Morgan fingerprint density at radius 3 is 2.31 bits per heavy atom. The Labute approximate surface area is 143 Å². The predicted molar refractivity (Wildman–Crippen MR) is 83.6 cm³/mol. The van der Waals surface area contributed by atoms with Crippen molar-refractivity contribution in [2.45, 2.75) is 31.6 Å². The number of nitrogens with one attached hydrogen (secondary N) is 1. The van der Waals surface area contributed by atoms with Gasteiger partial charge in [0.2, 0.25) is 0 Å². The minimum absolute atomic E-state index is 0.307. The molecule has 0 amide bonds. The van der Waals surface area contributed by atoms with Gasteiger partial charge in [-0.05, 0) is 13.0 Å². The van der Waals surface area contributed by atoms with Crippen LogP contribution in [0.4, 0.5) is 30.7 Å². The maximum atomic E-state index is 13.2. The van der Waals surface area contributed by atoms with E-state index in [1.165, 1.54) is 0 Å². The van der Waals surface area contributed by atoms with Crippen LogP contribution in [-0.4, -0.2) is 28.9 Å². The smallest absolute Gasteiger partial charge is 0.340 e. The number of halogens is 7. The van der Waals surface area contributed by atoms with Gasteiger partial charge >= 0.3 is 18.1 Å². The van der Waals surface area contributed by atoms with Gasteiger partial charge in [-0.1, -0.05) is 24.3 Å². The fourth-order valence-electron chi connectivity index (χ4n) is 2.41. The first kappa shape index (κ1) is 19.8. The largest absolute Gasteiger partial charge is 0.462 e. The van der Waals surface area contributed by atoms with Crippen LogP contribution in [0.5, 0.6) is 0 Å². The summed E-state index contributed by atoms with van der Waals surface area (Å²) in [4.78, 5) is 0. The molecule has 142 valence electrons. The molecule has 0 bridgehead atoms. The van der Waals surface area contributed by atoms with Crippen molar-refractivity contribution in [2.75, 3.05) is 0 Å². The molecular formula is C16H14F7N3. The normalized spacial score (nSPS) is 13.5. The van der Waals surface area contributed by atoms with Gasteiger partial charge < -0.3 is 4.57 Å². The number of aromatic nitrogens is 1. The van der Waals surface area contributed by atoms with E-state index in [0.29, 0.717) is 34.1 Å². The van der Waals surface area contributed by atoms with Gasteiger partial charge in [-0.2, -0.15) is 35.8 Å². The molecule has 0 spiro atoms. The first-order valence-corrected chi connectivity index (χ1v) is 7.25. The first-order valence-electron chi connectivity index (χ1n) is 7.25. The number of fused-ring (bicyclic) bond motifs is 1. The molecule has 0 radical (unpaired) electrons. The molecule has 0 saturated heterocycles. The SMILES string of the molecule is C=CCn1c(C)c(/C=N/NC(F)(F)C(F)(F)C(F)(F)F)c2ccccc21. The molecule has 26 heavy (non-hydrogen) atoms. The number of hydrazone groups is 1. The van der Waals surface area contributed by atoms with Gasteiger partial charge in [0.05, 0.1) is 6.21 Å². The van der Waals surface area contributed by atoms with Crippen LogP contribution < -0.4 is 5.43 Å². The lowest BCUT2D eigenvalue weighted by Gasteiger charge is -2.27. The number of nitrogens with zero attached hydrogens (tertiary/aromatic N) is 2. The molecule has 1 aromatic heterocycles. The topological polar surface area (TPSA) is 29.3 Å². The number of alkyl halides is 7. The Morgan fingerprint density at radius 1 is 1.12 bits per heavy atom. The maximum Gasteiger partial charge on any atom is 0.462 e. The highest BCUT2D eigenvalue weighted by molar-refractivity contribution is 6.01. The quantitative estimate of drug-likeness (QED) is 0.250. The summed E-state index contributed by atoms with van der Waals surface area (Å²) >= 11 is 0. The summed E-state index contributed by atoms with van der Waals surface area (Å²) in [7, 11) is 0. The lowest BCUT2D eigenvalue weighted by Crippen LogP contribution is -2.58. The zero-order chi connectivity index (χ0) is 19.8. The number of hydrogen-bond acceptors (Lipinski definition) is 2. The molecule has 1 heterocycles. The lowest BCUT2D eigenvalue weighted by molar-refractivity contribution is -0.361. The van der Waals surface area contributed by atoms with Crippen molar-refractivity contribution < 1.29 is 30.7 Å². The molecule has 10 heteroatoms. The zero-order valence-corrected chi connectivity index (χ0v) is 13.4. The average Bonchev–Trinajstić information content (AvgIpc) is 2.80. The van der Waals surface area contributed by atoms with E-state index in [9.17, 15) is 30.7 Å². The molecule has 1 aromatic carbocycles. The van der Waals surface area contributed by atoms with Crippen LogP contribution in [0.25, 0.3) is 10.9 Å².